The number of halogens is 2. The molecule has 5 nitrogen and oxygen atoms in total. The highest BCUT2D eigenvalue weighted by Gasteiger charge is 2.33. The van der Waals surface area contributed by atoms with E-state index in [1.807, 2.05) is 0 Å². The van der Waals surface area contributed by atoms with E-state index in [9.17, 15) is 8.78 Å². The van der Waals surface area contributed by atoms with Crippen molar-refractivity contribution in [1.82, 2.24) is 15.6 Å². The summed E-state index contributed by atoms with van der Waals surface area (Å²) < 4.78 is 32.8. The van der Waals surface area contributed by atoms with E-state index in [-0.39, 0.29) is 11.6 Å². The third-order valence-corrected chi connectivity index (χ3v) is 2.68. The third kappa shape index (κ3) is 3.52. The number of rotatable bonds is 4. The number of hydrogen-bond donors (Lipinski definition) is 2. The minimum Gasteiger partial charge on any atom is -0.481 e. The first-order chi connectivity index (χ1) is 9.12. The lowest BCUT2D eigenvalue weighted by atomic mass is 10.2. The molecule has 0 aliphatic carbocycles. The van der Waals surface area contributed by atoms with Gasteiger partial charge in [-0.05, 0) is 12.5 Å². The van der Waals surface area contributed by atoms with Crippen molar-refractivity contribution in [2.24, 2.45) is 4.99 Å². The van der Waals surface area contributed by atoms with Crippen LogP contribution in [0.5, 0.6) is 5.88 Å². The summed E-state index contributed by atoms with van der Waals surface area (Å²) in [4.78, 5) is 7.83. The molecule has 1 aromatic heterocycles. The molecule has 0 amide bonds. The van der Waals surface area contributed by atoms with Gasteiger partial charge in [0.05, 0.1) is 13.7 Å². The van der Waals surface area contributed by atoms with Crippen molar-refractivity contribution >= 4 is 5.96 Å². The van der Waals surface area contributed by atoms with Crippen LogP contribution in [0.3, 0.4) is 0 Å². The van der Waals surface area contributed by atoms with E-state index in [2.05, 4.69) is 20.6 Å². The topological polar surface area (TPSA) is 58.5 Å². The Morgan fingerprint density at radius 1 is 1.47 bits per heavy atom. The molecular weight excluding hydrogens is 254 g/mol. The highest BCUT2D eigenvalue weighted by atomic mass is 19.3. The van der Waals surface area contributed by atoms with Crippen LogP contribution in [0.2, 0.25) is 0 Å². The Morgan fingerprint density at radius 2 is 2.32 bits per heavy atom. The second-order valence-corrected chi connectivity index (χ2v) is 4.13. The molecule has 0 unspecified atom stereocenters. The van der Waals surface area contributed by atoms with Gasteiger partial charge in [-0.1, -0.05) is 6.07 Å². The largest absolute Gasteiger partial charge is 0.481 e. The van der Waals surface area contributed by atoms with Crippen molar-refractivity contribution in [3.63, 3.8) is 0 Å². The Kier molecular flexibility index (Phi) is 4.13. The summed E-state index contributed by atoms with van der Waals surface area (Å²) in [6.45, 7) is 0.839. The fourth-order valence-corrected chi connectivity index (χ4v) is 1.67. The van der Waals surface area contributed by atoms with Gasteiger partial charge >= 0.3 is 5.92 Å². The van der Waals surface area contributed by atoms with Gasteiger partial charge in [-0.15, -0.1) is 0 Å². The molecule has 0 saturated heterocycles. The molecule has 2 N–H and O–H groups in total. The highest BCUT2D eigenvalue weighted by Crippen LogP contribution is 2.26. The van der Waals surface area contributed by atoms with Gasteiger partial charge in [0.1, 0.15) is 5.69 Å². The van der Waals surface area contributed by atoms with Crippen LogP contribution in [0.25, 0.3) is 0 Å². The van der Waals surface area contributed by atoms with Crippen molar-refractivity contribution in [1.29, 1.82) is 0 Å². The second kappa shape index (κ2) is 5.81. The molecule has 0 radical (unpaired) electrons. The summed E-state index contributed by atoms with van der Waals surface area (Å²) >= 11 is 0. The SMILES string of the molecule is COc1cccc(C(F)(F)CNC2=NCCCN2)n1. The molecule has 1 aliphatic heterocycles. The molecule has 104 valence electrons. The lowest BCUT2D eigenvalue weighted by Gasteiger charge is -2.20. The number of methoxy groups -OCH3 is 1. The number of nitrogens with one attached hydrogen (secondary N) is 2. The van der Waals surface area contributed by atoms with Crippen LogP contribution in [0.1, 0.15) is 12.1 Å². The van der Waals surface area contributed by atoms with Gasteiger partial charge in [0.25, 0.3) is 0 Å². The van der Waals surface area contributed by atoms with Crippen LogP contribution in [0.15, 0.2) is 23.2 Å². The molecule has 0 fully saturated rings. The van der Waals surface area contributed by atoms with Crippen molar-refractivity contribution < 1.29 is 13.5 Å². The van der Waals surface area contributed by atoms with Crippen molar-refractivity contribution in [3.05, 3.63) is 23.9 Å². The van der Waals surface area contributed by atoms with E-state index in [0.29, 0.717) is 12.5 Å². The highest BCUT2D eigenvalue weighted by molar-refractivity contribution is 5.80. The van der Waals surface area contributed by atoms with Crippen molar-refractivity contribution in [2.75, 3.05) is 26.7 Å². The predicted molar refractivity (Wildman–Crippen MR) is 67.6 cm³/mol. The lowest BCUT2D eigenvalue weighted by molar-refractivity contribution is -0.00392. The first-order valence-electron chi connectivity index (χ1n) is 6.03. The molecular formula is C12H16F2N4O. The van der Waals surface area contributed by atoms with Gasteiger partial charge < -0.3 is 15.4 Å². The molecule has 0 bridgehead atoms. The summed E-state index contributed by atoms with van der Waals surface area (Å²) in [7, 11) is 1.39. The molecule has 2 heterocycles. The minimum absolute atomic E-state index is 0.172. The summed E-state index contributed by atoms with van der Waals surface area (Å²) in [5, 5.41) is 5.53. The smallest absolute Gasteiger partial charge is 0.306 e. The van der Waals surface area contributed by atoms with Gasteiger partial charge in [-0.2, -0.15) is 8.78 Å². The molecule has 0 atom stereocenters. The number of pyridine rings is 1. The molecule has 1 aliphatic rings. The summed E-state index contributed by atoms with van der Waals surface area (Å²) in [5.74, 6) is -2.50. The minimum atomic E-state index is -3.09. The third-order valence-electron chi connectivity index (χ3n) is 2.68. The van der Waals surface area contributed by atoms with E-state index in [1.165, 1.54) is 25.3 Å². The predicted octanol–water partition coefficient (Wildman–Crippen LogP) is 1.12. The van der Waals surface area contributed by atoms with Crippen LogP contribution in [0.4, 0.5) is 8.78 Å². The van der Waals surface area contributed by atoms with Crippen molar-refractivity contribution in [3.8, 4) is 5.88 Å². The molecule has 0 saturated carbocycles. The van der Waals surface area contributed by atoms with Gasteiger partial charge in [0.15, 0.2) is 5.96 Å². The molecule has 7 heteroatoms. The zero-order valence-electron chi connectivity index (χ0n) is 10.6. The first-order valence-corrected chi connectivity index (χ1v) is 6.03. The normalized spacial score (nSPS) is 15.4. The van der Waals surface area contributed by atoms with Crippen molar-refractivity contribution in [2.45, 2.75) is 12.3 Å². The standard InChI is InChI=1S/C12H16F2N4O/c1-19-10-5-2-4-9(18-10)12(13,14)8-17-11-15-6-3-7-16-11/h2,4-5H,3,6-8H2,1H3,(H2,15,16,17). The zero-order valence-corrected chi connectivity index (χ0v) is 10.6. The Balaban J connectivity index is 2.02. The Bertz CT molecular complexity index is 465. The number of guanidine groups is 1. The van der Waals surface area contributed by atoms with E-state index in [4.69, 9.17) is 4.74 Å². The fraction of sp³-hybridized carbons (Fsp3) is 0.500. The second-order valence-electron chi connectivity index (χ2n) is 4.13. The van der Waals surface area contributed by atoms with Gasteiger partial charge in [0.2, 0.25) is 5.88 Å². The zero-order chi connectivity index (χ0) is 13.7. The van der Waals surface area contributed by atoms with E-state index < -0.39 is 12.5 Å². The van der Waals surface area contributed by atoms with E-state index in [1.54, 1.807) is 0 Å². The molecule has 19 heavy (non-hydrogen) atoms. The monoisotopic (exact) mass is 270 g/mol. The molecule has 1 aromatic rings. The lowest BCUT2D eigenvalue weighted by Crippen LogP contribution is -2.45. The van der Waals surface area contributed by atoms with Gasteiger partial charge in [-0.3, -0.25) is 4.99 Å². The van der Waals surface area contributed by atoms with Crippen LogP contribution in [-0.2, 0) is 5.92 Å². The Hall–Kier alpha value is -1.92. The first kappa shape index (κ1) is 13.5. The van der Waals surface area contributed by atoms with Crippen LogP contribution in [0, 0.1) is 0 Å². The average molecular weight is 270 g/mol. The van der Waals surface area contributed by atoms with Crippen LogP contribution < -0.4 is 15.4 Å². The molecule has 0 aromatic carbocycles. The summed E-state index contributed by atoms with van der Waals surface area (Å²) in [5.41, 5.74) is -0.323. The fourth-order valence-electron chi connectivity index (χ4n) is 1.67. The number of aromatic nitrogens is 1. The van der Waals surface area contributed by atoms with Crippen LogP contribution in [-0.4, -0.2) is 37.7 Å². The summed E-state index contributed by atoms with van der Waals surface area (Å²) in [6, 6.07) is 4.30. The summed E-state index contributed by atoms with van der Waals surface area (Å²) in [6.07, 6.45) is 0.916. The number of aliphatic imine (C=N–C) groups is 1. The maximum atomic E-state index is 14.0. The number of ether oxygens (including phenoxy) is 1. The van der Waals surface area contributed by atoms with Crippen LogP contribution >= 0.6 is 0 Å². The number of hydrogen-bond acceptors (Lipinski definition) is 5. The number of nitrogens with zero attached hydrogens (tertiary/aromatic N) is 2. The van der Waals surface area contributed by atoms with E-state index in [0.717, 1.165) is 13.0 Å². The molecule has 0 spiro atoms. The maximum absolute atomic E-state index is 14.0. The Labute approximate surface area is 110 Å². The average Bonchev–Trinajstić information content (AvgIpc) is 2.46. The van der Waals surface area contributed by atoms with Gasteiger partial charge in [0, 0.05) is 19.2 Å². The molecule has 2 rings (SSSR count). The number of alkyl halides is 2. The maximum Gasteiger partial charge on any atom is 0.306 e. The Morgan fingerprint density at radius 3 is 3.00 bits per heavy atom. The quantitative estimate of drug-likeness (QED) is 0.861. The van der Waals surface area contributed by atoms with E-state index >= 15 is 0 Å². The van der Waals surface area contributed by atoms with Gasteiger partial charge in [-0.25, -0.2) is 4.98 Å².